The third-order valence-corrected chi connectivity index (χ3v) is 3.32. The van der Waals surface area contributed by atoms with E-state index in [1.165, 1.54) is 6.07 Å². The first-order valence-electron chi connectivity index (χ1n) is 5.74. The number of nitrogen functional groups attached to an aromatic ring is 1. The molecule has 1 rings (SSSR count). The Labute approximate surface area is 115 Å². The first-order chi connectivity index (χ1) is 8.15. The van der Waals surface area contributed by atoms with Crippen LogP contribution in [0.15, 0.2) is 12.1 Å². The Hall–Kier alpha value is -0.560. The predicted molar refractivity (Wildman–Crippen MR) is 77.6 cm³/mol. The molecule has 0 saturated carbocycles. The van der Waals surface area contributed by atoms with Crippen LogP contribution in [-0.4, -0.2) is 18.3 Å². The normalized spacial score (nSPS) is 10.5. The highest BCUT2D eigenvalue weighted by atomic mass is 127. The molecule has 0 aliphatic rings. The molecule has 0 aliphatic carbocycles. The van der Waals surface area contributed by atoms with E-state index in [9.17, 15) is 4.39 Å². The summed E-state index contributed by atoms with van der Waals surface area (Å²) in [7, 11) is 0. The van der Waals surface area contributed by atoms with Crippen molar-refractivity contribution in [1.29, 1.82) is 0 Å². The molecule has 3 nitrogen and oxygen atoms in total. The van der Waals surface area contributed by atoms with Crippen LogP contribution in [0.4, 0.5) is 15.8 Å². The van der Waals surface area contributed by atoms with Gasteiger partial charge >= 0.3 is 0 Å². The molecule has 0 fully saturated rings. The van der Waals surface area contributed by atoms with E-state index in [4.69, 9.17) is 10.8 Å². The topological polar surface area (TPSA) is 58.3 Å². The monoisotopic (exact) mass is 352 g/mol. The summed E-state index contributed by atoms with van der Waals surface area (Å²) < 4.78 is 13.8. The largest absolute Gasteiger partial charge is 0.397 e. The van der Waals surface area contributed by atoms with Gasteiger partial charge in [-0.3, -0.25) is 0 Å². The number of hydrogen-bond acceptors (Lipinski definition) is 3. The van der Waals surface area contributed by atoms with Crippen LogP contribution in [0.25, 0.3) is 0 Å². The Morgan fingerprint density at radius 3 is 2.65 bits per heavy atom. The molecule has 96 valence electrons. The molecular weight excluding hydrogens is 334 g/mol. The van der Waals surface area contributed by atoms with Gasteiger partial charge in [-0.05, 0) is 41.5 Å². The van der Waals surface area contributed by atoms with Crippen LogP contribution in [-0.2, 0) is 0 Å². The number of halogens is 2. The summed E-state index contributed by atoms with van der Waals surface area (Å²) >= 11 is 1.92. The van der Waals surface area contributed by atoms with Crippen molar-refractivity contribution in [2.75, 3.05) is 24.2 Å². The van der Waals surface area contributed by atoms with Crippen LogP contribution in [0.1, 0.15) is 25.7 Å². The van der Waals surface area contributed by atoms with Gasteiger partial charge in [-0.15, -0.1) is 0 Å². The molecule has 0 radical (unpaired) electrons. The van der Waals surface area contributed by atoms with E-state index in [-0.39, 0.29) is 12.4 Å². The fourth-order valence-electron chi connectivity index (χ4n) is 1.53. The van der Waals surface area contributed by atoms with E-state index >= 15 is 0 Å². The van der Waals surface area contributed by atoms with Crippen LogP contribution in [0, 0.1) is 9.39 Å². The summed E-state index contributed by atoms with van der Waals surface area (Å²) in [6.45, 7) is 1.03. The molecular formula is C12H18FIN2O. The molecule has 1 aromatic rings. The second kappa shape index (κ2) is 7.71. The lowest BCUT2D eigenvalue weighted by molar-refractivity contribution is 0.283. The lowest BCUT2D eigenvalue weighted by Gasteiger charge is -2.10. The van der Waals surface area contributed by atoms with Crippen LogP contribution >= 0.6 is 22.6 Å². The van der Waals surface area contributed by atoms with Crippen molar-refractivity contribution in [3.8, 4) is 0 Å². The first kappa shape index (κ1) is 14.5. The molecule has 0 bridgehead atoms. The molecule has 0 saturated heterocycles. The minimum absolute atomic E-state index is 0.248. The third-order valence-electron chi connectivity index (χ3n) is 2.49. The van der Waals surface area contributed by atoms with Crippen LogP contribution in [0.2, 0.25) is 0 Å². The SMILES string of the molecule is Nc1cc(I)c(F)cc1NCCCCCCO. The number of aliphatic hydroxyl groups is 1. The van der Waals surface area contributed by atoms with E-state index in [2.05, 4.69) is 5.32 Å². The minimum Gasteiger partial charge on any atom is -0.397 e. The molecule has 0 aromatic heterocycles. The van der Waals surface area contributed by atoms with Crippen LogP contribution < -0.4 is 11.1 Å². The van der Waals surface area contributed by atoms with Crippen LogP contribution in [0.3, 0.4) is 0 Å². The second-order valence-corrected chi connectivity index (χ2v) is 5.08. The first-order valence-corrected chi connectivity index (χ1v) is 6.82. The van der Waals surface area contributed by atoms with Crippen molar-refractivity contribution in [2.24, 2.45) is 0 Å². The maximum absolute atomic E-state index is 13.3. The number of unbranched alkanes of at least 4 members (excludes halogenated alkanes) is 3. The standard InChI is InChI=1S/C12H18FIN2O/c13-9-7-12(11(15)8-10(9)14)16-5-3-1-2-4-6-17/h7-8,16-17H,1-6,15H2. The highest BCUT2D eigenvalue weighted by Gasteiger charge is 2.05. The van der Waals surface area contributed by atoms with Gasteiger partial charge in [-0.2, -0.15) is 0 Å². The number of benzene rings is 1. The summed E-state index contributed by atoms with van der Waals surface area (Å²) in [5.74, 6) is -0.248. The quantitative estimate of drug-likeness (QED) is 0.402. The number of nitrogens with one attached hydrogen (secondary N) is 1. The van der Waals surface area contributed by atoms with Crippen molar-refractivity contribution in [2.45, 2.75) is 25.7 Å². The average Bonchev–Trinajstić information content (AvgIpc) is 2.30. The molecule has 0 aliphatic heterocycles. The average molecular weight is 352 g/mol. The van der Waals surface area contributed by atoms with Gasteiger partial charge in [0.05, 0.1) is 14.9 Å². The lowest BCUT2D eigenvalue weighted by atomic mass is 10.2. The molecule has 17 heavy (non-hydrogen) atoms. The Morgan fingerprint density at radius 2 is 1.94 bits per heavy atom. The second-order valence-electron chi connectivity index (χ2n) is 3.92. The highest BCUT2D eigenvalue weighted by molar-refractivity contribution is 14.1. The summed E-state index contributed by atoms with van der Waals surface area (Å²) in [6.07, 6.45) is 3.92. The fraction of sp³-hybridized carbons (Fsp3) is 0.500. The Kier molecular flexibility index (Phi) is 6.57. The Bertz CT molecular complexity index is 361. The molecule has 0 spiro atoms. The van der Waals surface area contributed by atoms with E-state index in [1.54, 1.807) is 6.07 Å². The molecule has 5 heteroatoms. The molecule has 4 N–H and O–H groups in total. The zero-order valence-corrected chi connectivity index (χ0v) is 11.8. The molecule has 0 amide bonds. The maximum atomic E-state index is 13.3. The number of nitrogens with two attached hydrogens (primary N) is 1. The maximum Gasteiger partial charge on any atom is 0.138 e. The summed E-state index contributed by atoms with van der Waals surface area (Å²) in [5, 5.41) is 11.7. The molecule has 0 atom stereocenters. The highest BCUT2D eigenvalue weighted by Crippen LogP contribution is 2.24. The predicted octanol–water partition coefficient (Wildman–Crippen LogP) is 2.98. The van der Waals surface area contributed by atoms with Gasteiger partial charge < -0.3 is 16.2 Å². The minimum atomic E-state index is -0.248. The van der Waals surface area contributed by atoms with E-state index in [0.29, 0.717) is 14.9 Å². The summed E-state index contributed by atoms with van der Waals surface area (Å²) in [5.41, 5.74) is 7.02. The van der Waals surface area contributed by atoms with Crippen molar-refractivity contribution in [3.05, 3.63) is 21.5 Å². The van der Waals surface area contributed by atoms with Gasteiger partial charge in [-0.25, -0.2) is 4.39 Å². The number of aliphatic hydroxyl groups excluding tert-OH is 1. The van der Waals surface area contributed by atoms with Crippen molar-refractivity contribution >= 4 is 34.0 Å². The van der Waals surface area contributed by atoms with Gasteiger partial charge in [0.2, 0.25) is 0 Å². The Balaban J connectivity index is 2.34. The van der Waals surface area contributed by atoms with E-state index in [1.807, 2.05) is 22.6 Å². The van der Waals surface area contributed by atoms with Gasteiger partial charge in [0, 0.05) is 19.2 Å². The zero-order chi connectivity index (χ0) is 12.7. The van der Waals surface area contributed by atoms with E-state index < -0.39 is 0 Å². The number of hydrogen-bond donors (Lipinski definition) is 3. The van der Waals surface area contributed by atoms with Gasteiger partial charge in [0.15, 0.2) is 0 Å². The Morgan fingerprint density at radius 1 is 1.24 bits per heavy atom. The molecule has 1 aromatic carbocycles. The zero-order valence-electron chi connectivity index (χ0n) is 9.68. The number of anilines is 2. The van der Waals surface area contributed by atoms with Gasteiger partial charge in [-0.1, -0.05) is 12.8 Å². The smallest absolute Gasteiger partial charge is 0.138 e. The number of rotatable bonds is 7. The molecule has 0 unspecified atom stereocenters. The van der Waals surface area contributed by atoms with E-state index in [0.717, 1.165) is 32.2 Å². The third kappa shape index (κ3) is 5.08. The summed E-state index contributed by atoms with van der Waals surface area (Å²) in [4.78, 5) is 0. The lowest BCUT2D eigenvalue weighted by Crippen LogP contribution is -2.05. The summed E-state index contributed by atoms with van der Waals surface area (Å²) in [6, 6.07) is 3.06. The van der Waals surface area contributed by atoms with Crippen LogP contribution in [0.5, 0.6) is 0 Å². The molecule has 0 heterocycles. The van der Waals surface area contributed by atoms with Gasteiger partial charge in [0.25, 0.3) is 0 Å². The fourth-order valence-corrected chi connectivity index (χ4v) is 2.02. The van der Waals surface area contributed by atoms with Crippen molar-refractivity contribution in [1.82, 2.24) is 0 Å². The van der Waals surface area contributed by atoms with Gasteiger partial charge in [0.1, 0.15) is 5.82 Å². The van der Waals surface area contributed by atoms with Crippen molar-refractivity contribution in [3.63, 3.8) is 0 Å². The van der Waals surface area contributed by atoms with Crippen molar-refractivity contribution < 1.29 is 9.50 Å².